The Bertz CT molecular complexity index is 640. The average molecular weight is 315 g/mol. The lowest BCUT2D eigenvalue weighted by Crippen LogP contribution is -2.39. The predicted molar refractivity (Wildman–Crippen MR) is 83.6 cm³/mol. The van der Waals surface area contributed by atoms with E-state index in [1.54, 1.807) is 0 Å². The molecule has 1 aromatic carbocycles. The highest BCUT2D eigenvalue weighted by Crippen LogP contribution is 2.36. The Hall–Kier alpha value is -1.76. The van der Waals surface area contributed by atoms with Gasteiger partial charge in [-0.3, -0.25) is 4.90 Å². The summed E-state index contributed by atoms with van der Waals surface area (Å²) >= 11 is 0. The van der Waals surface area contributed by atoms with E-state index in [0.29, 0.717) is 30.7 Å². The van der Waals surface area contributed by atoms with Gasteiger partial charge in [-0.2, -0.15) is 4.98 Å². The van der Waals surface area contributed by atoms with Crippen LogP contribution in [0.4, 0.5) is 0 Å². The Morgan fingerprint density at radius 1 is 1.13 bits per heavy atom. The zero-order valence-corrected chi connectivity index (χ0v) is 13.0. The third-order valence-corrected chi connectivity index (χ3v) is 4.74. The van der Waals surface area contributed by atoms with E-state index in [4.69, 9.17) is 9.26 Å². The smallest absolute Gasteiger partial charge is 0.244 e. The second kappa shape index (κ2) is 6.39. The van der Waals surface area contributed by atoms with E-state index in [2.05, 4.69) is 15.0 Å². The van der Waals surface area contributed by atoms with Crippen molar-refractivity contribution < 1.29 is 14.4 Å². The molecule has 6 heteroatoms. The van der Waals surface area contributed by atoms with E-state index in [1.165, 1.54) is 0 Å². The lowest BCUT2D eigenvalue weighted by atomic mass is 10.1. The number of rotatable bonds is 3. The van der Waals surface area contributed by atoms with Crippen LogP contribution in [0.25, 0.3) is 11.4 Å². The molecule has 2 aliphatic heterocycles. The summed E-state index contributed by atoms with van der Waals surface area (Å²) in [6.07, 6.45) is 2.29. The first-order valence-electron chi connectivity index (χ1n) is 8.22. The van der Waals surface area contributed by atoms with Crippen LogP contribution < -0.4 is 0 Å². The molecule has 4 rings (SSSR count). The summed E-state index contributed by atoms with van der Waals surface area (Å²) in [5.74, 6) is 1.21. The standard InChI is InChI=1S/C17H21N3O3/c21-14-10-15(20(11-14)13-6-8-22-9-7-13)17-18-16(19-23-17)12-4-2-1-3-5-12/h1-5,13-15,21H,6-11H2/t14-,15+/m1/s1. The van der Waals surface area contributed by atoms with Gasteiger partial charge in [-0.1, -0.05) is 35.5 Å². The minimum atomic E-state index is -0.338. The summed E-state index contributed by atoms with van der Waals surface area (Å²) < 4.78 is 11.0. The highest BCUT2D eigenvalue weighted by atomic mass is 16.5. The molecule has 6 nitrogen and oxygen atoms in total. The van der Waals surface area contributed by atoms with Crippen LogP contribution in [0.5, 0.6) is 0 Å². The topological polar surface area (TPSA) is 71.6 Å². The summed E-state index contributed by atoms with van der Waals surface area (Å²) in [5, 5.41) is 14.2. The van der Waals surface area contributed by atoms with Gasteiger partial charge in [-0.05, 0) is 19.3 Å². The van der Waals surface area contributed by atoms with Crippen LogP contribution >= 0.6 is 0 Å². The third-order valence-electron chi connectivity index (χ3n) is 4.74. The second-order valence-corrected chi connectivity index (χ2v) is 6.27. The summed E-state index contributed by atoms with van der Waals surface area (Å²) in [6.45, 7) is 2.23. The Balaban J connectivity index is 1.57. The molecule has 1 N–H and O–H groups in total. The molecule has 0 saturated carbocycles. The predicted octanol–water partition coefficient (Wildman–Crippen LogP) is 2.02. The molecule has 0 aliphatic carbocycles. The first-order chi connectivity index (χ1) is 11.3. The normalized spacial score (nSPS) is 26.7. The zero-order valence-electron chi connectivity index (χ0n) is 13.0. The van der Waals surface area contributed by atoms with E-state index in [9.17, 15) is 5.11 Å². The van der Waals surface area contributed by atoms with Crippen LogP contribution in [0, 0.1) is 0 Å². The molecule has 2 aliphatic rings. The fourth-order valence-corrected chi connectivity index (χ4v) is 3.58. The first kappa shape index (κ1) is 14.8. The Morgan fingerprint density at radius 3 is 2.70 bits per heavy atom. The fraction of sp³-hybridized carbons (Fsp3) is 0.529. The van der Waals surface area contributed by atoms with Gasteiger partial charge in [0, 0.05) is 31.4 Å². The maximum absolute atomic E-state index is 10.1. The highest BCUT2D eigenvalue weighted by Gasteiger charge is 2.40. The quantitative estimate of drug-likeness (QED) is 0.934. The van der Waals surface area contributed by atoms with Gasteiger partial charge in [0.2, 0.25) is 11.7 Å². The Labute approximate surface area is 135 Å². The zero-order chi connectivity index (χ0) is 15.6. The summed E-state index contributed by atoms with van der Waals surface area (Å²) in [7, 11) is 0. The molecular formula is C17H21N3O3. The molecule has 2 fully saturated rings. The average Bonchev–Trinajstić information content (AvgIpc) is 3.23. The lowest BCUT2D eigenvalue weighted by molar-refractivity contribution is 0.0215. The minimum absolute atomic E-state index is 0.00179. The van der Waals surface area contributed by atoms with Crippen molar-refractivity contribution in [3.05, 3.63) is 36.2 Å². The number of aromatic nitrogens is 2. The maximum atomic E-state index is 10.1. The van der Waals surface area contributed by atoms with E-state index in [1.807, 2.05) is 30.3 Å². The lowest BCUT2D eigenvalue weighted by Gasteiger charge is -2.33. The van der Waals surface area contributed by atoms with Gasteiger partial charge in [0.25, 0.3) is 0 Å². The van der Waals surface area contributed by atoms with Crippen LogP contribution in [0.2, 0.25) is 0 Å². The van der Waals surface area contributed by atoms with Gasteiger partial charge in [-0.25, -0.2) is 0 Å². The van der Waals surface area contributed by atoms with E-state index >= 15 is 0 Å². The number of likely N-dealkylation sites (tertiary alicyclic amines) is 1. The second-order valence-electron chi connectivity index (χ2n) is 6.27. The molecule has 0 amide bonds. The van der Waals surface area contributed by atoms with Crippen molar-refractivity contribution in [2.75, 3.05) is 19.8 Å². The van der Waals surface area contributed by atoms with E-state index in [-0.39, 0.29) is 12.1 Å². The van der Waals surface area contributed by atoms with Crippen molar-refractivity contribution in [1.82, 2.24) is 15.0 Å². The Kier molecular flexibility index (Phi) is 4.11. The molecule has 1 aromatic heterocycles. The maximum Gasteiger partial charge on any atom is 0.244 e. The first-order valence-corrected chi connectivity index (χ1v) is 8.22. The van der Waals surface area contributed by atoms with E-state index < -0.39 is 0 Å². The number of β-amino-alcohol motifs (C(OH)–C–C–N with tert-alkyl or cyclic N) is 1. The molecular weight excluding hydrogens is 294 g/mol. The fourth-order valence-electron chi connectivity index (χ4n) is 3.58. The van der Waals surface area contributed by atoms with Crippen LogP contribution in [0.3, 0.4) is 0 Å². The molecule has 23 heavy (non-hydrogen) atoms. The number of aliphatic hydroxyl groups is 1. The van der Waals surface area contributed by atoms with Crippen molar-refractivity contribution in [3.8, 4) is 11.4 Å². The van der Waals surface area contributed by atoms with Crippen molar-refractivity contribution in [2.45, 2.75) is 37.5 Å². The SMILES string of the molecule is O[C@@H]1C[C@@H](c2nc(-c3ccccc3)no2)N(C2CCOCC2)C1. The van der Waals surface area contributed by atoms with Gasteiger partial charge in [0.05, 0.1) is 12.1 Å². The number of nitrogens with zero attached hydrogens (tertiary/aromatic N) is 3. The third kappa shape index (κ3) is 3.02. The monoisotopic (exact) mass is 315 g/mol. The minimum Gasteiger partial charge on any atom is -0.392 e. The van der Waals surface area contributed by atoms with Crippen molar-refractivity contribution in [1.29, 1.82) is 0 Å². The van der Waals surface area contributed by atoms with Crippen LogP contribution in [0.15, 0.2) is 34.9 Å². The van der Waals surface area contributed by atoms with Crippen molar-refractivity contribution >= 4 is 0 Å². The number of ether oxygens (including phenoxy) is 1. The summed E-state index contributed by atoms with van der Waals surface area (Å²) in [6, 6.07) is 10.2. The van der Waals surface area contributed by atoms with Crippen LogP contribution in [0.1, 0.15) is 31.2 Å². The van der Waals surface area contributed by atoms with Crippen molar-refractivity contribution in [3.63, 3.8) is 0 Å². The number of hydrogen-bond acceptors (Lipinski definition) is 6. The van der Waals surface area contributed by atoms with Gasteiger partial charge < -0.3 is 14.4 Å². The van der Waals surface area contributed by atoms with Gasteiger partial charge >= 0.3 is 0 Å². The summed E-state index contributed by atoms with van der Waals surface area (Å²) in [4.78, 5) is 6.90. The van der Waals surface area contributed by atoms with Crippen LogP contribution in [-0.4, -0.2) is 52.1 Å². The van der Waals surface area contributed by atoms with Crippen molar-refractivity contribution in [2.24, 2.45) is 0 Å². The number of aliphatic hydroxyl groups excluding tert-OH is 1. The molecule has 122 valence electrons. The molecule has 0 unspecified atom stereocenters. The largest absolute Gasteiger partial charge is 0.392 e. The molecule has 2 atom stereocenters. The Morgan fingerprint density at radius 2 is 1.91 bits per heavy atom. The molecule has 0 radical (unpaired) electrons. The molecule has 3 heterocycles. The molecule has 0 bridgehead atoms. The summed E-state index contributed by atoms with van der Waals surface area (Å²) in [5.41, 5.74) is 0.943. The van der Waals surface area contributed by atoms with Crippen LogP contribution in [-0.2, 0) is 4.74 Å². The molecule has 0 spiro atoms. The van der Waals surface area contributed by atoms with Gasteiger partial charge in [0.1, 0.15) is 0 Å². The highest BCUT2D eigenvalue weighted by molar-refractivity contribution is 5.53. The number of hydrogen-bond donors (Lipinski definition) is 1. The molecule has 2 saturated heterocycles. The number of benzene rings is 1. The van der Waals surface area contributed by atoms with Gasteiger partial charge in [0.15, 0.2) is 0 Å². The van der Waals surface area contributed by atoms with Gasteiger partial charge in [-0.15, -0.1) is 0 Å². The van der Waals surface area contributed by atoms with E-state index in [0.717, 1.165) is 31.6 Å². The molecule has 2 aromatic rings.